The lowest BCUT2D eigenvalue weighted by Crippen LogP contribution is -2.44. The van der Waals surface area contributed by atoms with Crippen LogP contribution in [0.15, 0.2) is 0 Å². The summed E-state index contributed by atoms with van der Waals surface area (Å²) in [5.41, 5.74) is 5.69. The highest BCUT2D eigenvalue weighted by molar-refractivity contribution is 4.87. The van der Waals surface area contributed by atoms with Crippen molar-refractivity contribution in [2.24, 2.45) is 5.73 Å². The molecule has 0 aromatic rings. The first-order valence-corrected chi connectivity index (χ1v) is 5.18. The van der Waals surface area contributed by atoms with Gasteiger partial charge in [-0.05, 0) is 33.1 Å². The molecule has 3 atom stereocenters. The lowest BCUT2D eigenvalue weighted by molar-refractivity contribution is 0.147. The molecule has 72 valence electrons. The van der Waals surface area contributed by atoms with Crippen LogP contribution in [-0.2, 0) is 0 Å². The van der Waals surface area contributed by atoms with Crippen LogP contribution in [0.1, 0.15) is 40.0 Å². The van der Waals surface area contributed by atoms with Crippen molar-refractivity contribution in [2.45, 2.75) is 58.2 Å². The van der Waals surface area contributed by atoms with Crippen molar-refractivity contribution < 1.29 is 0 Å². The zero-order chi connectivity index (χ0) is 9.14. The summed E-state index contributed by atoms with van der Waals surface area (Å²) >= 11 is 0. The molecule has 0 aromatic carbocycles. The van der Waals surface area contributed by atoms with Crippen molar-refractivity contribution in [1.29, 1.82) is 0 Å². The van der Waals surface area contributed by atoms with Crippen molar-refractivity contribution in [3.05, 3.63) is 0 Å². The van der Waals surface area contributed by atoms with E-state index in [9.17, 15) is 0 Å². The van der Waals surface area contributed by atoms with Crippen LogP contribution in [0, 0.1) is 0 Å². The van der Waals surface area contributed by atoms with E-state index < -0.39 is 0 Å². The number of hydrogen-bond acceptors (Lipinski definition) is 2. The van der Waals surface area contributed by atoms with Crippen molar-refractivity contribution >= 4 is 0 Å². The van der Waals surface area contributed by atoms with Gasteiger partial charge in [0.2, 0.25) is 0 Å². The maximum absolute atomic E-state index is 5.69. The molecule has 0 bridgehead atoms. The molecule has 0 aromatic heterocycles. The minimum Gasteiger partial charge on any atom is -0.329 e. The van der Waals surface area contributed by atoms with Crippen LogP contribution in [-0.4, -0.2) is 29.6 Å². The van der Waals surface area contributed by atoms with E-state index in [0.29, 0.717) is 6.04 Å². The van der Waals surface area contributed by atoms with E-state index in [1.165, 1.54) is 19.3 Å². The Bertz CT molecular complexity index is 136. The van der Waals surface area contributed by atoms with E-state index >= 15 is 0 Å². The van der Waals surface area contributed by atoms with Gasteiger partial charge in [-0.1, -0.05) is 6.92 Å². The van der Waals surface area contributed by atoms with Gasteiger partial charge in [0.05, 0.1) is 0 Å². The van der Waals surface area contributed by atoms with Gasteiger partial charge in [0.25, 0.3) is 0 Å². The fourth-order valence-corrected chi connectivity index (χ4v) is 2.42. The van der Waals surface area contributed by atoms with Crippen LogP contribution in [0.3, 0.4) is 0 Å². The Labute approximate surface area is 76.1 Å². The maximum Gasteiger partial charge on any atom is 0.0195 e. The normalized spacial score (nSPS) is 34.0. The second-order valence-electron chi connectivity index (χ2n) is 4.02. The molecule has 3 unspecified atom stereocenters. The molecule has 12 heavy (non-hydrogen) atoms. The Morgan fingerprint density at radius 2 is 2.17 bits per heavy atom. The average molecular weight is 170 g/mol. The fourth-order valence-electron chi connectivity index (χ4n) is 2.42. The van der Waals surface area contributed by atoms with E-state index in [-0.39, 0.29) is 0 Å². The van der Waals surface area contributed by atoms with E-state index in [2.05, 4.69) is 25.7 Å². The van der Waals surface area contributed by atoms with E-state index in [1.807, 2.05) is 0 Å². The molecule has 0 amide bonds. The van der Waals surface area contributed by atoms with Crippen molar-refractivity contribution in [1.82, 2.24) is 4.90 Å². The summed E-state index contributed by atoms with van der Waals surface area (Å²) in [5, 5.41) is 0. The number of nitrogens with zero attached hydrogens (tertiary/aromatic N) is 1. The van der Waals surface area contributed by atoms with Crippen molar-refractivity contribution in [2.75, 3.05) is 6.54 Å². The van der Waals surface area contributed by atoms with E-state index in [0.717, 1.165) is 18.6 Å². The number of rotatable bonds is 3. The topological polar surface area (TPSA) is 29.3 Å². The third kappa shape index (κ3) is 1.80. The summed E-state index contributed by atoms with van der Waals surface area (Å²) < 4.78 is 0. The predicted octanol–water partition coefficient (Wildman–Crippen LogP) is 1.60. The zero-order valence-corrected chi connectivity index (χ0v) is 8.59. The molecule has 0 saturated carbocycles. The largest absolute Gasteiger partial charge is 0.329 e. The van der Waals surface area contributed by atoms with Crippen LogP contribution < -0.4 is 5.73 Å². The summed E-state index contributed by atoms with van der Waals surface area (Å²) in [6.07, 6.45) is 3.99. The quantitative estimate of drug-likeness (QED) is 0.697. The van der Waals surface area contributed by atoms with Gasteiger partial charge in [-0.3, -0.25) is 4.90 Å². The van der Waals surface area contributed by atoms with Gasteiger partial charge in [-0.2, -0.15) is 0 Å². The van der Waals surface area contributed by atoms with Gasteiger partial charge in [0, 0.05) is 24.7 Å². The molecule has 1 aliphatic rings. The molecule has 1 fully saturated rings. The van der Waals surface area contributed by atoms with Gasteiger partial charge in [-0.15, -0.1) is 0 Å². The summed E-state index contributed by atoms with van der Waals surface area (Å²) in [6.45, 7) is 7.63. The Kier molecular flexibility index (Phi) is 3.53. The van der Waals surface area contributed by atoms with Crippen molar-refractivity contribution in [3.63, 3.8) is 0 Å². The highest BCUT2D eigenvalue weighted by Gasteiger charge is 2.31. The highest BCUT2D eigenvalue weighted by atomic mass is 15.2. The first kappa shape index (κ1) is 10.0. The van der Waals surface area contributed by atoms with E-state index in [4.69, 9.17) is 5.73 Å². The highest BCUT2D eigenvalue weighted by Crippen LogP contribution is 2.27. The maximum atomic E-state index is 5.69. The summed E-state index contributed by atoms with van der Waals surface area (Å²) in [7, 11) is 0. The van der Waals surface area contributed by atoms with Gasteiger partial charge in [0.1, 0.15) is 0 Å². The molecule has 1 aliphatic heterocycles. The summed E-state index contributed by atoms with van der Waals surface area (Å²) in [5.74, 6) is 0. The standard InChI is InChI=1S/C10H22N2/c1-4-10-6-5-8(2)12(10)9(3)7-11/h8-10H,4-7,11H2,1-3H3. The number of likely N-dealkylation sites (tertiary alicyclic amines) is 1. The first-order chi connectivity index (χ1) is 5.70. The van der Waals surface area contributed by atoms with Gasteiger partial charge in [-0.25, -0.2) is 0 Å². The molecule has 1 saturated heterocycles. The fraction of sp³-hybridized carbons (Fsp3) is 1.00. The Hall–Kier alpha value is -0.0800. The molecule has 1 rings (SSSR count). The average Bonchev–Trinajstić information content (AvgIpc) is 2.45. The zero-order valence-electron chi connectivity index (χ0n) is 8.59. The lowest BCUT2D eigenvalue weighted by atomic mass is 10.1. The van der Waals surface area contributed by atoms with Gasteiger partial charge >= 0.3 is 0 Å². The molecule has 0 aliphatic carbocycles. The first-order valence-electron chi connectivity index (χ1n) is 5.18. The van der Waals surface area contributed by atoms with Crippen LogP contribution in [0.2, 0.25) is 0 Å². The minimum absolute atomic E-state index is 0.562. The van der Waals surface area contributed by atoms with Gasteiger partial charge < -0.3 is 5.73 Å². The second-order valence-corrected chi connectivity index (χ2v) is 4.02. The molecule has 2 heteroatoms. The predicted molar refractivity (Wildman–Crippen MR) is 53.1 cm³/mol. The Morgan fingerprint density at radius 3 is 2.67 bits per heavy atom. The molecule has 2 nitrogen and oxygen atoms in total. The molecule has 1 heterocycles. The van der Waals surface area contributed by atoms with Crippen LogP contribution in [0.25, 0.3) is 0 Å². The Morgan fingerprint density at radius 1 is 1.50 bits per heavy atom. The van der Waals surface area contributed by atoms with Gasteiger partial charge in [0.15, 0.2) is 0 Å². The number of hydrogen-bond donors (Lipinski definition) is 1. The Balaban J connectivity index is 2.56. The summed E-state index contributed by atoms with van der Waals surface area (Å²) in [6, 6.07) is 2.10. The van der Waals surface area contributed by atoms with Crippen molar-refractivity contribution in [3.8, 4) is 0 Å². The third-order valence-electron chi connectivity index (χ3n) is 3.17. The number of nitrogens with two attached hydrogens (primary N) is 1. The summed E-state index contributed by atoms with van der Waals surface area (Å²) in [4.78, 5) is 2.60. The molecular weight excluding hydrogens is 148 g/mol. The monoisotopic (exact) mass is 170 g/mol. The smallest absolute Gasteiger partial charge is 0.0195 e. The SMILES string of the molecule is CCC1CCC(C)N1C(C)CN. The van der Waals surface area contributed by atoms with Crippen LogP contribution in [0.4, 0.5) is 0 Å². The molecule has 0 spiro atoms. The molecule has 2 N–H and O–H groups in total. The van der Waals surface area contributed by atoms with E-state index in [1.54, 1.807) is 0 Å². The van der Waals surface area contributed by atoms with Crippen LogP contribution >= 0.6 is 0 Å². The molecule has 0 radical (unpaired) electrons. The minimum atomic E-state index is 0.562. The molecular formula is C10H22N2. The van der Waals surface area contributed by atoms with Crippen LogP contribution in [0.5, 0.6) is 0 Å². The second kappa shape index (κ2) is 4.24. The third-order valence-corrected chi connectivity index (χ3v) is 3.17. The lowest BCUT2D eigenvalue weighted by Gasteiger charge is -2.33.